The van der Waals surface area contributed by atoms with Crippen LogP contribution in [0.2, 0.25) is 0 Å². The lowest BCUT2D eigenvalue weighted by Crippen LogP contribution is -2.54. The third kappa shape index (κ3) is 5.49. The van der Waals surface area contributed by atoms with E-state index in [2.05, 4.69) is 207 Å². The molecule has 12 aromatic rings. The normalized spacial score (nSPS) is 18.1. The van der Waals surface area contributed by atoms with Gasteiger partial charge in [0.1, 0.15) is 5.82 Å². The average molecular weight is 874 g/mol. The van der Waals surface area contributed by atoms with Crippen molar-refractivity contribution >= 4 is 76.0 Å². The molecule has 1 fully saturated rings. The molecule has 0 amide bonds. The molecule has 324 valence electrons. The number of nitrogens with zero attached hydrogens (tertiary/aromatic N) is 1. The highest BCUT2D eigenvalue weighted by Crippen LogP contribution is 2.62. The van der Waals surface area contributed by atoms with Gasteiger partial charge in [0.15, 0.2) is 0 Å². The van der Waals surface area contributed by atoms with Crippen LogP contribution in [0.4, 0.5) is 15.8 Å². The van der Waals surface area contributed by atoms with Gasteiger partial charge in [0, 0.05) is 16.8 Å². The summed E-state index contributed by atoms with van der Waals surface area (Å²) in [6, 6.07) is 75.8. The van der Waals surface area contributed by atoms with Crippen LogP contribution >= 0.6 is 0 Å². The number of benzene rings is 12. The van der Waals surface area contributed by atoms with Gasteiger partial charge in [-0.25, -0.2) is 4.39 Å². The molecule has 2 heteroatoms. The van der Waals surface area contributed by atoms with Crippen molar-refractivity contribution in [1.82, 2.24) is 0 Å². The lowest BCUT2D eigenvalue weighted by molar-refractivity contribution is 0.195. The Bertz CT molecular complexity index is 3940. The van der Waals surface area contributed by atoms with Gasteiger partial charge in [0.25, 0.3) is 0 Å². The molecule has 1 aliphatic carbocycles. The fourth-order valence-corrected chi connectivity index (χ4v) is 13.2. The van der Waals surface area contributed by atoms with Gasteiger partial charge in [-0.3, -0.25) is 0 Å². The predicted octanol–water partition coefficient (Wildman–Crippen LogP) is 18.6. The third-order valence-electron chi connectivity index (χ3n) is 16.6. The van der Waals surface area contributed by atoms with Gasteiger partial charge in [0.05, 0.1) is 5.54 Å². The first-order chi connectivity index (χ1) is 33.4. The summed E-state index contributed by atoms with van der Waals surface area (Å²) in [7, 11) is 0. The molecule has 0 radical (unpaired) electrons. The van der Waals surface area contributed by atoms with Crippen molar-refractivity contribution in [3.8, 4) is 44.5 Å². The van der Waals surface area contributed by atoms with Crippen LogP contribution in [0.25, 0.3) is 109 Å². The SMILES string of the molecule is CC12CCCCC1(C)N(c1cccc(F)c1)c1ccc(-c3cc(-c4cccc5ccccc45)c4ccc5c(-c6cccc7ccccc67)cc(-c6cccc7ccccc67)c6ccc3c4c65)cc12. The Labute approximate surface area is 396 Å². The monoisotopic (exact) mass is 873 g/mol. The maximum absolute atomic E-state index is 15.1. The van der Waals surface area contributed by atoms with E-state index >= 15 is 4.39 Å². The molecule has 12 aromatic carbocycles. The Morgan fingerprint density at radius 2 is 0.838 bits per heavy atom. The van der Waals surface area contributed by atoms with Crippen molar-refractivity contribution in [3.05, 3.63) is 218 Å². The fourth-order valence-electron chi connectivity index (χ4n) is 13.2. The quantitative estimate of drug-likeness (QED) is 0.156. The molecule has 14 rings (SSSR count). The van der Waals surface area contributed by atoms with Crippen LogP contribution in [0, 0.1) is 5.82 Å². The van der Waals surface area contributed by atoms with E-state index in [9.17, 15) is 0 Å². The Morgan fingerprint density at radius 1 is 0.382 bits per heavy atom. The number of rotatable bonds is 5. The van der Waals surface area contributed by atoms with Gasteiger partial charge in [-0.2, -0.15) is 0 Å². The van der Waals surface area contributed by atoms with Crippen LogP contribution in [0.3, 0.4) is 0 Å². The molecule has 1 heterocycles. The summed E-state index contributed by atoms with van der Waals surface area (Å²) in [5.74, 6) is -0.199. The molecule has 0 spiro atoms. The third-order valence-corrected chi connectivity index (χ3v) is 16.6. The second-order valence-electron chi connectivity index (χ2n) is 20.0. The summed E-state index contributed by atoms with van der Waals surface area (Å²) >= 11 is 0. The lowest BCUT2D eigenvalue weighted by atomic mass is 9.61. The molecule has 1 saturated carbocycles. The van der Waals surface area contributed by atoms with Gasteiger partial charge in [0.2, 0.25) is 0 Å². The topological polar surface area (TPSA) is 3.24 Å². The van der Waals surface area contributed by atoms with Crippen LogP contribution < -0.4 is 4.90 Å². The Balaban J connectivity index is 1.12. The molecule has 0 N–H and O–H groups in total. The van der Waals surface area contributed by atoms with Crippen LogP contribution in [0.1, 0.15) is 45.1 Å². The zero-order valence-electron chi connectivity index (χ0n) is 38.3. The molecule has 2 atom stereocenters. The van der Waals surface area contributed by atoms with Crippen molar-refractivity contribution in [2.24, 2.45) is 0 Å². The van der Waals surface area contributed by atoms with Crippen molar-refractivity contribution < 1.29 is 4.39 Å². The molecular weight excluding hydrogens is 826 g/mol. The van der Waals surface area contributed by atoms with Gasteiger partial charge >= 0.3 is 0 Å². The van der Waals surface area contributed by atoms with Crippen LogP contribution in [0.15, 0.2) is 206 Å². The Morgan fingerprint density at radius 3 is 1.37 bits per heavy atom. The molecule has 2 unspecified atom stereocenters. The molecule has 0 saturated heterocycles. The van der Waals surface area contributed by atoms with E-state index in [1.165, 1.54) is 127 Å². The van der Waals surface area contributed by atoms with E-state index in [4.69, 9.17) is 0 Å². The minimum atomic E-state index is -0.202. The zero-order chi connectivity index (χ0) is 45.3. The number of hydrogen-bond donors (Lipinski definition) is 0. The second-order valence-corrected chi connectivity index (χ2v) is 20.0. The van der Waals surface area contributed by atoms with E-state index in [0.717, 1.165) is 24.9 Å². The van der Waals surface area contributed by atoms with Crippen molar-refractivity contribution in [1.29, 1.82) is 0 Å². The summed E-state index contributed by atoms with van der Waals surface area (Å²) in [6.07, 6.45) is 4.46. The second kappa shape index (κ2) is 14.6. The standard InChI is InChI=1S/C66H48FN/c1-65-35-9-10-36-66(65,2)68(46-22-14-21-45(67)38-46)62-34-29-44(37-61(62)65)57-39-58(50-26-11-18-41-15-3-6-23-47(41)50)54-32-33-56-60(52-28-13-20-43-17-5-8-25-49(43)52)40-59(55-31-30-53(57)63(54)64(55)56)51-27-12-19-42-16-4-7-24-48(42)51/h3-8,11-34,37-40H,9-10,35-36H2,1-2H3. The summed E-state index contributed by atoms with van der Waals surface area (Å²) in [6.45, 7) is 4.90. The van der Waals surface area contributed by atoms with E-state index in [1.807, 2.05) is 6.07 Å². The van der Waals surface area contributed by atoms with Gasteiger partial charge in [-0.05, 0) is 177 Å². The minimum absolute atomic E-state index is 0.133. The maximum Gasteiger partial charge on any atom is 0.125 e. The largest absolute Gasteiger partial charge is 0.334 e. The Kier molecular flexibility index (Phi) is 8.45. The number of anilines is 2. The summed E-state index contributed by atoms with van der Waals surface area (Å²) in [5.41, 5.74) is 13.0. The Hall–Kier alpha value is -7.81. The molecule has 1 nitrogen and oxygen atoms in total. The highest BCUT2D eigenvalue weighted by Gasteiger charge is 2.57. The van der Waals surface area contributed by atoms with Crippen molar-refractivity contribution in [2.45, 2.75) is 50.5 Å². The van der Waals surface area contributed by atoms with Gasteiger partial charge < -0.3 is 4.90 Å². The predicted molar refractivity (Wildman–Crippen MR) is 287 cm³/mol. The maximum atomic E-state index is 15.1. The first kappa shape index (κ1) is 39.4. The number of halogens is 1. The number of fused-ring (bicyclic) bond motifs is 6. The zero-order valence-corrected chi connectivity index (χ0v) is 38.3. The van der Waals surface area contributed by atoms with E-state index in [0.29, 0.717) is 0 Å². The molecule has 0 aromatic heterocycles. The molecule has 0 bridgehead atoms. The fraction of sp³-hybridized carbons (Fsp3) is 0.121. The molecular formula is C66H48FN. The molecule has 1 aliphatic heterocycles. The smallest absolute Gasteiger partial charge is 0.125 e. The average Bonchev–Trinajstić information content (AvgIpc) is 3.59. The lowest BCUT2D eigenvalue weighted by Gasteiger charge is -2.50. The van der Waals surface area contributed by atoms with Gasteiger partial charge in [-0.1, -0.05) is 184 Å². The van der Waals surface area contributed by atoms with Crippen LogP contribution in [0.5, 0.6) is 0 Å². The summed E-state index contributed by atoms with van der Waals surface area (Å²) < 4.78 is 15.1. The van der Waals surface area contributed by atoms with Gasteiger partial charge in [-0.15, -0.1) is 0 Å². The van der Waals surface area contributed by atoms with E-state index < -0.39 is 0 Å². The molecule has 68 heavy (non-hydrogen) atoms. The highest BCUT2D eigenvalue weighted by molar-refractivity contribution is 6.33. The van der Waals surface area contributed by atoms with E-state index in [1.54, 1.807) is 12.1 Å². The van der Waals surface area contributed by atoms with E-state index in [-0.39, 0.29) is 16.8 Å². The summed E-state index contributed by atoms with van der Waals surface area (Å²) in [5, 5.41) is 15.0. The molecule has 2 aliphatic rings. The van der Waals surface area contributed by atoms with Crippen molar-refractivity contribution in [3.63, 3.8) is 0 Å². The summed E-state index contributed by atoms with van der Waals surface area (Å²) in [4.78, 5) is 2.48. The van der Waals surface area contributed by atoms with Crippen LogP contribution in [-0.4, -0.2) is 5.54 Å². The van der Waals surface area contributed by atoms with Crippen LogP contribution in [-0.2, 0) is 5.41 Å². The first-order valence-electron chi connectivity index (χ1n) is 24.3. The van der Waals surface area contributed by atoms with Crippen molar-refractivity contribution in [2.75, 3.05) is 4.90 Å². The first-order valence-corrected chi connectivity index (χ1v) is 24.3. The highest BCUT2D eigenvalue weighted by atomic mass is 19.1. The minimum Gasteiger partial charge on any atom is -0.334 e. The number of hydrogen-bond acceptors (Lipinski definition) is 1.